The number of carbonyl (C=O) groups excluding carboxylic acids is 2. The normalized spacial score (nSPS) is 18.8. The van der Waals surface area contributed by atoms with Gasteiger partial charge in [0.05, 0.1) is 29.2 Å². The molecule has 2 atom stereocenters. The first-order valence-electron chi connectivity index (χ1n) is 10.1. The van der Waals surface area contributed by atoms with Crippen LogP contribution >= 0.6 is 11.6 Å². The van der Waals surface area contributed by atoms with E-state index in [4.69, 9.17) is 16.3 Å². The zero-order chi connectivity index (χ0) is 23.5. The van der Waals surface area contributed by atoms with Crippen molar-refractivity contribution in [2.24, 2.45) is 0 Å². The Kier molecular flexibility index (Phi) is 7.43. The zero-order valence-electron chi connectivity index (χ0n) is 18.1. The fourth-order valence-electron chi connectivity index (χ4n) is 3.52. The number of hydrogen-bond donors (Lipinski definition) is 2. The molecular formula is C22H26ClN3O5S. The summed E-state index contributed by atoms with van der Waals surface area (Å²) in [7, 11) is -3.53. The van der Waals surface area contributed by atoms with Crippen LogP contribution in [0.2, 0.25) is 5.02 Å². The van der Waals surface area contributed by atoms with Gasteiger partial charge in [-0.1, -0.05) is 23.7 Å². The molecule has 0 aliphatic carbocycles. The maximum absolute atomic E-state index is 12.8. The Balaban J connectivity index is 1.61. The van der Waals surface area contributed by atoms with E-state index in [1.165, 1.54) is 18.2 Å². The molecule has 2 aromatic carbocycles. The van der Waals surface area contributed by atoms with E-state index in [-0.39, 0.29) is 46.8 Å². The largest absolute Gasteiger partial charge is 0.372 e. The van der Waals surface area contributed by atoms with Crippen molar-refractivity contribution in [2.45, 2.75) is 32.6 Å². The third kappa shape index (κ3) is 6.44. The molecule has 2 amide bonds. The van der Waals surface area contributed by atoms with Crippen LogP contribution in [0.1, 0.15) is 40.1 Å². The quantitative estimate of drug-likeness (QED) is 0.662. The van der Waals surface area contributed by atoms with Crippen LogP contribution in [0.4, 0.5) is 5.69 Å². The molecule has 10 heteroatoms. The number of morpholine rings is 1. The van der Waals surface area contributed by atoms with E-state index in [9.17, 15) is 18.0 Å². The molecule has 1 aliphatic rings. The van der Waals surface area contributed by atoms with Crippen LogP contribution in [0.5, 0.6) is 0 Å². The molecule has 2 N–H and O–H groups in total. The molecule has 1 aliphatic heterocycles. The van der Waals surface area contributed by atoms with Gasteiger partial charge in [-0.15, -0.1) is 0 Å². The van der Waals surface area contributed by atoms with Crippen LogP contribution in [0.3, 0.4) is 0 Å². The minimum absolute atomic E-state index is 0.00166. The number of anilines is 1. The van der Waals surface area contributed by atoms with Crippen molar-refractivity contribution >= 4 is 39.1 Å². The lowest BCUT2D eigenvalue weighted by molar-refractivity contribution is -0.0586. The van der Waals surface area contributed by atoms with Gasteiger partial charge in [-0.3, -0.25) is 14.3 Å². The monoisotopic (exact) mass is 479 g/mol. The highest BCUT2D eigenvalue weighted by molar-refractivity contribution is 7.92. The lowest BCUT2D eigenvalue weighted by Crippen LogP contribution is -2.48. The van der Waals surface area contributed by atoms with E-state index < -0.39 is 10.0 Å². The maximum Gasteiger partial charge on any atom is 0.254 e. The summed E-state index contributed by atoms with van der Waals surface area (Å²) in [5.74, 6) is -0.427. The van der Waals surface area contributed by atoms with Gasteiger partial charge < -0.3 is 15.0 Å². The van der Waals surface area contributed by atoms with E-state index in [0.717, 1.165) is 11.8 Å². The van der Waals surface area contributed by atoms with Crippen LogP contribution in [0.25, 0.3) is 0 Å². The number of hydrogen-bond acceptors (Lipinski definition) is 5. The molecule has 8 nitrogen and oxygen atoms in total. The highest BCUT2D eigenvalue weighted by Gasteiger charge is 2.26. The SMILES string of the molecule is CC1CN(C(=O)c2ccc(CNC(=O)c3ccc(Cl)c(NS(C)(=O)=O)c3)cc2)CC(C)O1. The van der Waals surface area contributed by atoms with Gasteiger partial charge in [-0.25, -0.2) is 8.42 Å². The molecule has 0 bridgehead atoms. The number of nitrogens with one attached hydrogen (secondary N) is 2. The van der Waals surface area contributed by atoms with E-state index in [1.54, 1.807) is 29.2 Å². The molecule has 2 unspecified atom stereocenters. The van der Waals surface area contributed by atoms with Gasteiger partial charge in [0.1, 0.15) is 0 Å². The second-order valence-electron chi connectivity index (χ2n) is 7.92. The minimum Gasteiger partial charge on any atom is -0.372 e. The van der Waals surface area contributed by atoms with Crippen LogP contribution in [0.15, 0.2) is 42.5 Å². The zero-order valence-corrected chi connectivity index (χ0v) is 19.7. The summed E-state index contributed by atoms with van der Waals surface area (Å²) in [5.41, 5.74) is 1.80. The number of amides is 2. The van der Waals surface area contributed by atoms with E-state index >= 15 is 0 Å². The van der Waals surface area contributed by atoms with Gasteiger partial charge in [0.25, 0.3) is 11.8 Å². The van der Waals surface area contributed by atoms with Gasteiger partial charge in [-0.2, -0.15) is 0 Å². The fraction of sp³-hybridized carbons (Fsp3) is 0.364. The molecule has 1 saturated heterocycles. The molecule has 0 aromatic heterocycles. The standard InChI is InChI=1S/C22H26ClN3O5S/c1-14-12-26(13-15(2)31-14)22(28)17-6-4-16(5-7-17)11-24-21(27)18-8-9-19(23)20(10-18)25-32(3,29)30/h4-10,14-15,25H,11-13H2,1-3H3,(H,24,27). The Morgan fingerprint density at radius 1 is 1.06 bits per heavy atom. The first-order valence-corrected chi connectivity index (χ1v) is 12.4. The summed E-state index contributed by atoms with van der Waals surface area (Å²) < 4.78 is 30.9. The Labute approximate surface area is 192 Å². The molecule has 0 saturated carbocycles. The molecule has 1 heterocycles. The first kappa shape index (κ1) is 24.0. The van der Waals surface area contributed by atoms with Crippen molar-refractivity contribution in [3.63, 3.8) is 0 Å². The molecule has 32 heavy (non-hydrogen) atoms. The average Bonchev–Trinajstić information content (AvgIpc) is 2.71. The average molecular weight is 480 g/mol. The molecule has 0 spiro atoms. The predicted molar refractivity (Wildman–Crippen MR) is 123 cm³/mol. The Morgan fingerprint density at radius 3 is 2.25 bits per heavy atom. The Hall–Kier alpha value is -2.62. The summed E-state index contributed by atoms with van der Waals surface area (Å²) in [6.07, 6.45) is 1.00. The van der Waals surface area contributed by atoms with E-state index in [1.807, 2.05) is 13.8 Å². The second-order valence-corrected chi connectivity index (χ2v) is 10.1. The van der Waals surface area contributed by atoms with Crippen molar-refractivity contribution in [1.82, 2.24) is 10.2 Å². The van der Waals surface area contributed by atoms with E-state index in [2.05, 4.69) is 10.0 Å². The maximum atomic E-state index is 12.8. The summed E-state index contributed by atoms with van der Waals surface area (Å²) in [4.78, 5) is 27.0. The van der Waals surface area contributed by atoms with Crippen molar-refractivity contribution in [3.8, 4) is 0 Å². The van der Waals surface area contributed by atoms with Crippen molar-refractivity contribution in [3.05, 3.63) is 64.2 Å². The minimum atomic E-state index is -3.53. The number of carbonyl (C=O) groups is 2. The smallest absolute Gasteiger partial charge is 0.254 e. The topological polar surface area (TPSA) is 105 Å². The lowest BCUT2D eigenvalue weighted by atomic mass is 10.1. The summed E-state index contributed by atoms with van der Waals surface area (Å²) in [6, 6.07) is 11.4. The van der Waals surface area contributed by atoms with Gasteiger partial charge in [0.15, 0.2) is 0 Å². The van der Waals surface area contributed by atoms with Crippen molar-refractivity contribution in [1.29, 1.82) is 0 Å². The fourth-order valence-corrected chi connectivity index (χ4v) is 4.31. The third-order valence-corrected chi connectivity index (χ3v) is 5.80. The number of benzene rings is 2. The van der Waals surface area contributed by atoms with Gasteiger partial charge >= 0.3 is 0 Å². The van der Waals surface area contributed by atoms with Gasteiger partial charge in [0.2, 0.25) is 10.0 Å². The summed E-state index contributed by atoms with van der Waals surface area (Å²) in [6.45, 7) is 5.25. The van der Waals surface area contributed by atoms with Crippen LogP contribution < -0.4 is 10.0 Å². The van der Waals surface area contributed by atoms with Gasteiger partial charge in [0, 0.05) is 30.8 Å². The molecule has 3 rings (SSSR count). The van der Waals surface area contributed by atoms with E-state index in [0.29, 0.717) is 18.7 Å². The molecule has 0 radical (unpaired) electrons. The number of sulfonamides is 1. The van der Waals surface area contributed by atoms with Gasteiger partial charge in [-0.05, 0) is 49.7 Å². The number of rotatable bonds is 6. The lowest BCUT2D eigenvalue weighted by Gasteiger charge is -2.35. The molecule has 1 fully saturated rings. The Morgan fingerprint density at radius 2 is 1.66 bits per heavy atom. The van der Waals surface area contributed by atoms with Crippen LogP contribution in [0, 0.1) is 0 Å². The molecular weight excluding hydrogens is 454 g/mol. The summed E-state index contributed by atoms with van der Waals surface area (Å²) >= 11 is 6.00. The summed E-state index contributed by atoms with van der Waals surface area (Å²) in [5, 5.41) is 2.97. The molecule has 2 aromatic rings. The predicted octanol–water partition coefficient (Wildman–Crippen LogP) is 2.89. The molecule has 172 valence electrons. The third-order valence-electron chi connectivity index (χ3n) is 4.88. The van der Waals surface area contributed by atoms with Crippen LogP contribution in [-0.4, -0.2) is 56.7 Å². The highest BCUT2D eigenvalue weighted by atomic mass is 35.5. The number of nitrogens with zero attached hydrogens (tertiary/aromatic N) is 1. The van der Waals surface area contributed by atoms with Crippen molar-refractivity contribution < 1.29 is 22.7 Å². The van der Waals surface area contributed by atoms with Crippen molar-refractivity contribution in [2.75, 3.05) is 24.1 Å². The number of ether oxygens (including phenoxy) is 1. The van der Waals surface area contributed by atoms with Crippen LogP contribution in [-0.2, 0) is 21.3 Å². The number of halogens is 1. The first-order chi connectivity index (χ1) is 15.0. The highest BCUT2D eigenvalue weighted by Crippen LogP contribution is 2.24. The Bertz CT molecular complexity index is 1100. The second kappa shape index (κ2) is 9.89.